The third-order valence-electron chi connectivity index (χ3n) is 4.76. The average molecular weight is 322 g/mol. The van der Waals surface area contributed by atoms with Crippen LogP contribution in [0.4, 0.5) is 0 Å². The Morgan fingerprint density at radius 3 is 2.62 bits per heavy atom. The summed E-state index contributed by atoms with van der Waals surface area (Å²) in [5, 5.41) is 9.45. The van der Waals surface area contributed by atoms with Crippen molar-refractivity contribution in [3.8, 4) is 6.07 Å². The van der Waals surface area contributed by atoms with Crippen LogP contribution in [0.25, 0.3) is 0 Å². The Balaban J connectivity index is 1.97. The van der Waals surface area contributed by atoms with Gasteiger partial charge in [0.2, 0.25) is 5.88 Å². The third-order valence-corrected chi connectivity index (χ3v) is 4.76. The van der Waals surface area contributed by atoms with Crippen LogP contribution in [0.5, 0.6) is 0 Å². The molecule has 24 heavy (non-hydrogen) atoms. The number of rotatable bonds is 3. The van der Waals surface area contributed by atoms with E-state index in [1.165, 1.54) is 0 Å². The van der Waals surface area contributed by atoms with Crippen molar-refractivity contribution in [2.24, 2.45) is 17.6 Å². The van der Waals surface area contributed by atoms with Crippen LogP contribution in [-0.4, -0.2) is 5.78 Å². The minimum Gasteiger partial charge on any atom is -0.444 e. The Labute approximate surface area is 142 Å². The van der Waals surface area contributed by atoms with Crippen LogP contribution in [0.2, 0.25) is 0 Å². The van der Waals surface area contributed by atoms with Gasteiger partial charge >= 0.3 is 0 Å². The zero-order chi connectivity index (χ0) is 17.3. The molecule has 4 nitrogen and oxygen atoms in total. The molecule has 1 aliphatic heterocycles. The van der Waals surface area contributed by atoms with Crippen molar-refractivity contribution >= 4 is 5.78 Å². The first-order chi connectivity index (χ1) is 11.5. The summed E-state index contributed by atoms with van der Waals surface area (Å²) in [7, 11) is 0. The molecule has 0 amide bonds. The minimum atomic E-state index is -0.233. The normalized spacial score (nSPS) is 23.8. The van der Waals surface area contributed by atoms with Crippen LogP contribution in [-0.2, 0) is 9.53 Å². The van der Waals surface area contributed by atoms with E-state index in [-0.39, 0.29) is 23.5 Å². The van der Waals surface area contributed by atoms with Crippen LogP contribution in [0.3, 0.4) is 0 Å². The monoisotopic (exact) mass is 322 g/mol. The fourth-order valence-electron chi connectivity index (χ4n) is 3.69. The van der Waals surface area contributed by atoms with Gasteiger partial charge in [-0.25, -0.2) is 0 Å². The lowest BCUT2D eigenvalue weighted by Gasteiger charge is -2.34. The second kappa shape index (κ2) is 6.52. The fourth-order valence-corrected chi connectivity index (χ4v) is 3.69. The second-order valence-corrected chi connectivity index (χ2v) is 6.95. The van der Waals surface area contributed by atoms with Gasteiger partial charge in [0.25, 0.3) is 0 Å². The summed E-state index contributed by atoms with van der Waals surface area (Å²) in [6.45, 7) is 4.17. The second-order valence-electron chi connectivity index (χ2n) is 6.95. The third kappa shape index (κ3) is 2.94. The molecule has 0 unspecified atom stereocenters. The number of hydrogen-bond acceptors (Lipinski definition) is 4. The molecule has 0 spiro atoms. The van der Waals surface area contributed by atoms with Crippen molar-refractivity contribution in [2.75, 3.05) is 0 Å². The quantitative estimate of drug-likeness (QED) is 0.919. The molecule has 2 atom stereocenters. The van der Waals surface area contributed by atoms with Gasteiger partial charge in [-0.1, -0.05) is 44.2 Å². The Hall–Kier alpha value is -2.54. The van der Waals surface area contributed by atoms with Gasteiger partial charge in [0.15, 0.2) is 5.78 Å². The van der Waals surface area contributed by atoms with Gasteiger partial charge in [-0.3, -0.25) is 4.79 Å². The number of benzene rings is 1. The Bertz CT molecular complexity index is 754. The van der Waals surface area contributed by atoms with Crippen molar-refractivity contribution < 1.29 is 9.53 Å². The average Bonchev–Trinajstić information content (AvgIpc) is 2.54. The number of nitriles is 1. The van der Waals surface area contributed by atoms with Gasteiger partial charge in [0.1, 0.15) is 11.8 Å². The molecule has 0 aromatic heterocycles. The standard InChI is InChI=1S/C20H22N2O2/c1-12(2)8-15-16(11-21)20(22)24-18-10-14(9-17(23)19(15)18)13-6-4-3-5-7-13/h3-7,12,14-15H,8-10,22H2,1-2H3/t14-,15+/m1/s1. The van der Waals surface area contributed by atoms with Crippen molar-refractivity contribution in [3.05, 3.63) is 58.7 Å². The number of nitrogens with two attached hydrogens (primary N) is 1. The van der Waals surface area contributed by atoms with Gasteiger partial charge < -0.3 is 10.5 Å². The highest BCUT2D eigenvalue weighted by Crippen LogP contribution is 2.44. The lowest BCUT2D eigenvalue weighted by atomic mass is 9.73. The molecule has 0 saturated carbocycles. The molecule has 0 saturated heterocycles. The molecule has 0 fully saturated rings. The van der Waals surface area contributed by atoms with Crippen LogP contribution in [0.15, 0.2) is 53.1 Å². The predicted octanol–water partition coefficient (Wildman–Crippen LogP) is 3.77. The van der Waals surface area contributed by atoms with Crippen LogP contribution in [0, 0.1) is 23.2 Å². The molecule has 1 aromatic rings. The van der Waals surface area contributed by atoms with Crippen molar-refractivity contribution in [1.82, 2.24) is 0 Å². The highest BCUT2D eigenvalue weighted by atomic mass is 16.5. The molecule has 0 bridgehead atoms. The van der Waals surface area contributed by atoms with E-state index in [9.17, 15) is 10.1 Å². The van der Waals surface area contributed by atoms with Gasteiger partial charge in [-0.05, 0) is 23.8 Å². The lowest BCUT2D eigenvalue weighted by molar-refractivity contribution is -0.117. The molecule has 1 aliphatic carbocycles. The lowest BCUT2D eigenvalue weighted by Crippen LogP contribution is -2.31. The number of nitrogens with zero attached hydrogens (tertiary/aromatic N) is 1. The SMILES string of the molecule is CC(C)C[C@H]1C(C#N)=C(N)OC2=C1C(=O)C[C@@H](c1ccccc1)C2. The summed E-state index contributed by atoms with van der Waals surface area (Å²) in [5.41, 5.74) is 8.18. The first-order valence-electron chi connectivity index (χ1n) is 8.40. The van der Waals surface area contributed by atoms with E-state index in [2.05, 4.69) is 19.9 Å². The maximum absolute atomic E-state index is 12.9. The van der Waals surface area contributed by atoms with Crippen LogP contribution in [0.1, 0.15) is 44.6 Å². The molecule has 0 radical (unpaired) electrons. The maximum Gasteiger partial charge on any atom is 0.204 e. The number of carbonyl (C=O) groups is 1. The summed E-state index contributed by atoms with van der Waals surface area (Å²) in [5.74, 6) is 1.12. The fraction of sp³-hybridized carbons (Fsp3) is 0.400. The zero-order valence-corrected chi connectivity index (χ0v) is 14.1. The van der Waals surface area contributed by atoms with Gasteiger partial charge in [-0.2, -0.15) is 5.26 Å². The van der Waals surface area contributed by atoms with E-state index in [4.69, 9.17) is 10.5 Å². The van der Waals surface area contributed by atoms with Gasteiger partial charge in [0, 0.05) is 24.3 Å². The number of allylic oxidation sites excluding steroid dienone is 3. The number of carbonyl (C=O) groups excluding carboxylic acids is 1. The molecule has 1 aromatic carbocycles. The molecular weight excluding hydrogens is 300 g/mol. The number of ether oxygens (including phenoxy) is 1. The smallest absolute Gasteiger partial charge is 0.204 e. The molecule has 4 heteroatoms. The minimum absolute atomic E-state index is 0.0796. The molecule has 124 valence electrons. The van der Waals surface area contributed by atoms with E-state index >= 15 is 0 Å². The van der Waals surface area contributed by atoms with Gasteiger partial charge in [0.05, 0.1) is 5.57 Å². The number of hydrogen-bond donors (Lipinski definition) is 1. The van der Waals surface area contributed by atoms with Crippen LogP contribution >= 0.6 is 0 Å². The summed E-state index contributed by atoms with van der Waals surface area (Å²) in [6.07, 6.45) is 1.84. The summed E-state index contributed by atoms with van der Waals surface area (Å²) < 4.78 is 5.72. The molecule has 2 aliphatic rings. The van der Waals surface area contributed by atoms with Crippen molar-refractivity contribution in [2.45, 2.75) is 39.0 Å². The largest absolute Gasteiger partial charge is 0.444 e. The van der Waals surface area contributed by atoms with Crippen molar-refractivity contribution in [3.63, 3.8) is 0 Å². The van der Waals surface area contributed by atoms with E-state index in [0.29, 0.717) is 35.7 Å². The van der Waals surface area contributed by atoms with Crippen LogP contribution < -0.4 is 5.73 Å². The molecule has 1 heterocycles. The van der Waals surface area contributed by atoms with E-state index in [0.717, 1.165) is 12.0 Å². The molecule has 2 N–H and O–H groups in total. The Morgan fingerprint density at radius 2 is 2.00 bits per heavy atom. The first-order valence-corrected chi connectivity index (χ1v) is 8.40. The summed E-state index contributed by atoms with van der Waals surface area (Å²) >= 11 is 0. The van der Waals surface area contributed by atoms with Crippen molar-refractivity contribution in [1.29, 1.82) is 5.26 Å². The number of ketones is 1. The highest BCUT2D eigenvalue weighted by Gasteiger charge is 2.40. The molecule has 3 rings (SSSR count). The Kier molecular flexibility index (Phi) is 4.44. The Morgan fingerprint density at radius 1 is 1.29 bits per heavy atom. The predicted molar refractivity (Wildman–Crippen MR) is 91.3 cm³/mol. The zero-order valence-electron chi connectivity index (χ0n) is 14.1. The van der Waals surface area contributed by atoms with E-state index in [1.54, 1.807) is 0 Å². The summed E-state index contributed by atoms with van der Waals surface area (Å²) in [4.78, 5) is 12.9. The summed E-state index contributed by atoms with van der Waals surface area (Å²) in [6, 6.07) is 12.2. The highest BCUT2D eigenvalue weighted by molar-refractivity contribution is 5.98. The topological polar surface area (TPSA) is 76.1 Å². The number of Topliss-reactive ketones (excluding diaryl/α,β-unsaturated/α-hetero) is 1. The van der Waals surface area contributed by atoms with Gasteiger partial charge in [-0.15, -0.1) is 0 Å². The van der Waals surface area contributed by atoms with E-state index < -0.39 is 0 Å². The maximum atomic E-state index is 12.9. The molecular formula is C20H22N2O2. The van der Waals surface area contributed by atoms with E-state index in [1.807, 2.05) is 30.3 Å². The first kappa shape index (κ1) is 16.3.